The lowest BCUT2D eigenvalue weighted by molar-refractivity contribution is -0.123. The summed E-state index contributed by atoms with van der Waals surface area (Å²) in [6, 6.07) is 8.02. The van der Waals surface area contributed by atoms with Crippen molar-refractivity contribution >= 4 is 5.91 Å². The summed E-state index contributed by atoms with van der Waals surface area (Å²) in [7, 11) is 2.08. The highest BCUT2D eigenvalue weighted by Crippen LogP contribution is 2.16. The number of ether oxygens (including phenoxy) is 1. The largest absolute Gasteiger partial charge is 0.483 e. The molecule has 0 aliphatic rings. The standard InChI is InChI=1S/C16H27N3O2/c1-13(2)19(3)10-6-9-18-16(20)12-21-15-8-5-4-7-14(15)11-17/h4-5,7-8,13H,6,9-12,17H2,1-3H3,(H,18,20). The van der Waals surface area contributed by atoms with Crippen LogP contribution in [0.4, 0.5) is 0 Å². The Bertz CT molecular complexity index is 435. The van der Waals surface area contributed by atoms with Gasteiger partial charge in [-0.15, -0.1) is 0 Å². The topological polar surface area (TPSA) is 67.6 Å². The summed E-state index contributed by atoms with van der Waals surface area (Å²) in [6.07, 6.45) is 0.930. The van der Waals surface area contributed by atoms with Crippen LogP contribution in [0, 0.1) is 0 Å². The number of rotatable bonds is 9. The Balaban J connectivity index is 2.22. The highest BCUT2D eigenvalue weighted by atomic mass is 16.5. The van der Waals surface area contributed by atoms with Gasteiger partial charge in [-0.25, -0.2) is 0 Å². The Morgan fingerprint density at radius 2 is 2.10 bits per heavy atom. The van der Waals surface area contributed by atoms with E-state index in [-0.39, 0.29) is 12.5 Å². The molecule has 1 aromatic rings. The van der Waals surface area contributed by atoms with E-state index in [9.17, 15) is 4.79 Å². The number of amides is 1. The van der Waals surface area contributed by atoms with E-state index in [1.807, 2.05) is 24.3 Å². The average Bonchev–Trinajstić information content (AvgIpc) is 2.49. The fraction of sp³-hybridized carbons (Fsp3) is 0.562. The second kappa shape index (κ2) is 9.37. The van der Waals surface area contributed by atoms with Gasteiger partial charge >= 0.3 is 0 Å². The molecule has 0 aliphatic heterocycles. The van der Waals surface area contributed by atoms with Crippen molar-refractivity contribution in [1.29, 1.82) is 0 Å². The SMILES string of the molecule is CC(C)N(C)CCCNC(=O)COc1ccccc1CN. The maximum Gasteiger partial charge on any atom is 0.257 e. The van der Waals surface area contributed by atoms with E-state index in [2.05, 4.69) is 31.1 Å². The van der Waals surface area contributed by atoms with E-state index in [0.717, 1.165) is 18.5 Å². The predicted molar refractivity (Wildman–Crippen MR) is 85.2 cm³/mol. The van der Waals surface area contributed by atoms with Crippen molar-refractivity contribution < 1.29 is 9.53 Å². The normalized spacial score (nSPS) is 11.0. The third-order valence-corrected chi connectivity index (χ3v) is 3.44. The quantitative estimate of drug-likeness (QED) is 0.675. The highest BCUT2D eigenvalue weighted by Gasteiger charge is 2.06. The van der Waals surface area contributed by atoms with Crippen LogP contribution < -0.4 is 15.8 Å². The van der Waals surface area contributed by atoms with Gasteiger partial charge in [-0.1, -0.05) is 18.2 Å². The van der Waals surface area contributed by atoms with Gasteiger partial charge in [-0.2, -0.15) is 0 Å². The summed E-state index contributed by atoms with van der Waals surface area (Å²) in [5, 5.41) is 2.86. The van der Waals surface area contributed by atoms with Gasteiger partial charge in [-0.05, 0) is 39.9 Å². The number of para-hydroxylation sites is 1. The Morgan fingerprint density at radius 1 is 1.38 bits per heavy atom. The minimum atomic E-state index is -0.103. The molecule has 3 N–H and O–H groups in total. The van der Waals surface area contributed by atoms with Crippen LogP contribution in [0.5, 0.6) is 5.75 Å². The van der Waals surface area contributed by atoms with E-state index >= 15 is 0 Å². The Labute approximate surface area is 127 Å². The van der Waals surface area contributed by atoms with Crippen LogP contribution in [0.25, 0.3) is 0 Å². The van der Waals surface area contributed by atoms with E-state index in [1.54, 1.807) is 0 Å². The molecule has 21 heavy (non-hydrogen) atoms. The Hall–Kier alpha value is -1.59. The molecule has 5 heteroatoms. The first-order chi connectivity index (χ1) is 10.0. The second-order valence-corrected chi connectivity index (χ2v) is 5.38. The summed E-state index contributed by atoms with van der Waals surface area (Å²) >= 11 is 0. The van der Waals surface area contributed by atoms with Crippen molar-refractivity contribution in [3.8, 4) is 5.75 Å². The minimum absolute atomic E-state index is 0.0248. The van der Waals surface area contributed by atoms with Crippen molar-refractivity contribution in [3.63, 3.8) is 0 Å². The first kappa shape index (κ1) is 17.5. The van der Waals surface area contributed by atoms with Crippen molar-refractivity contribution in [1.82, 2.24) is 10.2 Å². The van der Waals surface area contributed by atoms with Gasteiger partial charge in [0.1, 0.15) is 5.75 Å². The predicted octanol–water partition coefficient (Wildman–Crippen LogP) is 1.37. The smallest absolute Gasteiger partial charge is 0.257 e. The maximum atomic E-state index is 11.7. The molecular weight excluding hydrogens is 266 g/mol. The number of carbonyl (C=O) groups excluding carboxylic acids is 1. The molecule has 1 aromatic carbocycles. The van der Waals surface area contributed by atoms with Crippen LogP contribution in [0.3, 0.4) is 0 Å². The second-order valence-electron chi connectivity index (χ2n) is 5.38. The zero-order chi connectivity index (χ0) is 15.7. The van der Waals surface area contributed by atoms with Crippen molar-refractivity contribution in [2.45, 2.75) is 32.9 Å². The number of hydrogen-bond donors (Lipinski definition) is 2. The molecule has 0 aromatic heterocycles. The van der Waals surface area contributed by atoms with Gasteiger partial charge < -0.3 is 20.7 Å². The highest BCUT2D eigenvalue weighted by molar-refractivity contribution is 5.77. The molecule has 0 unspecified atom stereocenters. The van der Waals surface area contributed by atoms with Gasteiger partial charge in [0.05, 0.1) is 0 Å². The molecule has 0 bridgehead atoms. The van der Waals surface area contributed by atoms with Gasteiger partial charge in [-0.3, -0.25) is 4.79 Å². The van der Waals surface area contributed by atoms with E-state index in [1.165, 1.54) is 0 Å². The molecule has 0 saturated carbocycles. The Morgan fingerprint density at radius 3 is 2.76 bits per heavy atom. The molecule has 0 spiro atoms. The molecule has 0 aliphatic carbocycles. The third kappa shape index (κ3) is 6.60. The lowest BCUT2D eigenvalue weighted by atomic mass is 10.2. The number of nitrogens with two attached hydrogens (primary N) is 1. The van der Waals surface area contributed by atoms with Crippen LogP contribution in [0.1, 0.15) is 25.8 Å². The molecule has 1 amide bonds. The van der Waals surface area contributed by atoms with Gasteiger partial charge in [0, 0.05) is 24.7 Å². The van der Waals surface area contributed by atoms with Crippen LogP contribution in [-0.4, -0.2) is 43.6 Å². The van der Waals surface area contributed by atoms with Crippen molar-refractivity contribution in [3.05, 3.63) is 29.8 Å². The summed E-state index contributed by atoms with van der Waals surface area (Å²) in [5.41, 5.74) is 6.53. The van der Waals surface area contributed by atoms with Crippen LogP contribution in [0.15, 0.2) is 24.3 Å². The molecule has 1 rings (SSSR count). The summed E-state index contributed by atoms with van der Waals surface area (Å²) < 4.78 is 5.50. The average molecular weight is 293 g/mol. The number of nitrogens with zero attached hydrogens (tertiary/aromatic N) is 1. The molecule has 0 saturated heterocycles. The molecule has 0 heterocycles. The lowest BCUT2D eigenvalue weighted by Crippen LogP contribution is -2.33. The third-order valence-electron chi connectivity index (χ3n) is 3.44. The first-order valence-electron chi connectivity index (χ1n) is 7.42. The molecular formula is C16H27N3O2. The first-order valence-corrected chi connectivity index (χ1v) is 7.42. The number of carbonyl (C=O) groups is 1. The summed E-state index contributed by atoms with van der Waals surface area (Å²) in [4.78, 5) is 14.0. The molecule has 118 valence electrons. The summed E-state index contributed by atoms with van der Waals surface area (Å²) in [6.45, 7) is 6.37. The fourth-order valence-corrected chi connectivity index (χ4v) is 1.82. The fourth-order valence-electron chi connectivity index (χ4n) is 1.82. The maximum absolute atomic E-state index is 11.7. The van der Waals surface area contributed by atoms with Crippen LogP contribution in [0.2, 0.25) is 0 Å². The van der Waals surface area contributed by atoms with Gasteiger partial charge in [0.15, 0.2) is 6.61 Å². The van der Waals surface area contributed by atoms with E-state index in [4.69, 9.17) is 10.5 Å². The van der Waals surface area contributed by atoms with Crippen LogP contribution >= 0.6 is 0 Å². The lowest BCUT2D eigenvalue weighted by Gasteiger charge is -2.20. The van der Waals surface area contributed by atoms with Crippen molar-refractivity contribution in [2.75, 3.05) is 26.7 Å². The molecule has 0 atom stereocenters. The minimum Gasteiger partial charge on any atom is -0.483 e. The van der Waals surface area contributed by atoms with E-state index in [0.29, 0.717) is 24.9 Å². The molecule has 5 nitrogen and oxygen atoms in total. The Kier molecular flexibility index (Phi) is 7.79. The number of nitrogens with one attached hydrogen (secondary N) is 1. The van der Waals surface area contributed by atoms with Gasteiger partial charge in [0.2, 0.25) is 0 Å². The van der Waals surface area contributed by atoms with Crippen molar-refractivity contribution in [2.24, 2.45) is 5.73 Å². The number of hydrogen-bond acceptors (Lipinski definition) is 4. The van der Waals surface area contributed by atoms with E-state index < -0.39 is 0 Å². The molecule has 0 fully saturated rings. The number of benzene rings is 1. The zero-order valence-electron chi connectivity index (χ0n) is 13.3. The van der Waals surface area contributed by atoms with Crippen LogP contribution in [-0.2, 0) is 11.3 Å². The van der Waals surface area contributed by atoms with Gasteiger partial charge in [0.25, 0.3) is 5.91 Å². The summed E-state index contributed by atoms with van der Waals surface area (Å²) in [5.74, 6) is 0.573. The zero-order valence-corrected chi connectivity index (χ0v) is 13.3. The molecule has 0 radical (unpaired) electrons. The monoisotopic (exact) mass is 293 g/mol.